The quantitative estimate of drug-likeness (QED) is 0.670. The van der Waals surface area contributed by atoms with Crippen LogP contribution >= 0.6 is 0 Å². The summed E-state index contributed by atoms with van der Waals surface area (Å²) in [7, 11) is 0. The number of amides is 2. The summed E-state index contributed by atoms with van der Waals surface area (Å²) in [5, 5.41) is 13.2. The normalized spacial score (nSPS) is 33.8. The summed E-state index contributed by atoms with van der Waals surface area (Å²) in [6.45, 7) is 4.60. The molecule has 0 aromatic carbocycles. The molecule has 0 bridgehead atoms. The lowest BCUT2D eigenvalue weighted by Gasteiger charge is -2.47. The van der Waals surface area contributed by atoms with Crippen LogP contribution in [0.4, 0.5) is 0 Å². The van der Waals surface area contributed by atoms with Gasteiger partial charge >= 0.3 is 0 Å². The van der Waals surface area contributed by atoms with E-state index in [-0.39, 0.29) is 11.8 Å². The number of morpholine rings is 1. The monoisotopic (exact) mass is 311 g/mol. The molecule has 22 heavy (non-hydrogen) atoms. The van der Waals surface area contributed by atoms with Crippen molar-refractivity contribution in [3.63, 3.8) is 0 Å². The molecule has 2 atom stereocenters. The summed E-state index contributed by atoms with van der Waals surface area (Å²) in [5.41, 5.74) is -0.734. The van der Waals surface area contributed by atoms with E-state index in [1.807, 2.05) is 9.80 Å². The van der Waals surface area contributed by atoms with Crippen LogP contribution in [0.3, 0.4) is 0 Å². The second-order valence-corrected chi connectivity index (χ2v) is 6.52. The predicted molar refractivity (Wildman–Crippen MR) is 79.1 cm³/mol. The van der Waals surface area contributed by atoms with Crippen molar-refractivity contribution in [1.29, 1.82) is 0 Å². The van der Waals surface area contributed by atoms with Crippen LogP contribution in [0.1, 0.15) is 19.3 Å². The Hall–Kier alpha value is -1.18. The number of rotatable bonds is 2. The summed E-state index contributed by atoms with van der Waals surface area (Å²) in [6.07, 6.45) is 1.52. The van der Waals surface area contributed by atoms with Gasteiger partial charge in [-0.25, -0.2) is 0 Å². The Balaban J connectivity index is 1.62. The van der Waals surface area contributed by atoms with Crippen LogP contribution in [0, 0.1) is 5.41 Å². The van der Waals surface area contributed by atoms with Crippen molar-refractivity contribution < 1.29 is 19.4 Å². The van der Waals surface area contributed by atoms with Crippen LogP contribution in [-0.2, 0) is 14.3 Å². The molecule has 3 rings (SSSR count). The Morgan fingerprint density at radius 1 is 1.36 bits per heavy atom. The second-order valence-electron chi connectivity index (χ2n) is 6.52. The topological polar surface area (TPSA) is 82.1 Å². The van der Waals surface area contributed by atoms with Crippen molar-refractivity contribution in [2.75, 3.05) is 52.5 Å². The number of aliphatic hydroxyl groups is 1. The third-order valence-electron chi connectivity index (χ3n) is 5.12. The molecule has 2 N–H and O–H groups in total. The number of ether oxygens (including phenoxy) is 1. The maximum absolute atomic E-state index is 12.4. The fraction of sp³-hybridized carbons (Fsp3) is 0.867. The van der Waals surface area contributed by atoms with E-state index in [1.54, 1.807) is 0 Å². The number of nitrogens with one attached hydrogen (secondary N) is 1. The summed E-state index contributed by atoms with van der Waals surface area (Å²) in [5.74, 6) is 0.0285. The minimum atomic E-state index is -0.734. The van der Waals surface area contributed by atoms with Crippen molar-refractivity contribution in [2.24, 2.45) is 5.41 Å². The van der Waals surface area contributed by atoms with Gasteiger partial charge in [-0.15, -0.1) is 0 Å². The molecule has 1 spiro atoms. The Bertz CT molecular complexity index is 439. The average Bonchev–Trinajstić information content (AvgIpc) is 2.54. The number of hydrogen-bond donors (Lipinski definition) is 2. The molecule has 124 valence electrons. The number of carbonyl (C=O) groups is 2. The van der Waals surface area contributed by atoms with Gasteiger partial charge in [0.25, 0.3) is 0 Å². The van der Waals surface area contributed by atoms with Crippen molar-refractivity contribution in [2.45, 2.75) is 25.4 Å². The minimum Gasteiger partial charge on any atom is -0.392 e. The van der Waals surface area contributed by atoms with Crippen molar-refractivity contribution in [1.82, 2.24) is 15.1 Å². The third kappa shape index (κ3) is 2.98. The summed E-state index contributed by atoms with van der Waals surface area (Å²) in [6, 6.07) is 0. The molecule has 0 aromatic heterocycles. The van der Waals surface area contributed by atoms with Crippen LogP contribution in [0.2, 0.25) is 0 Å². The molecule has 0 aromatic rings. The molecule has 2 amide bonds. The lowest BCUT2D eigenvalue weighted by Crippen LogP contribution is -2.62. The van der Waals surface area contributed by atoms with E-state index in [4.69, 9.17) is 4.74 Å². The fourth-order valence-electron chi connectivity index (χ4n) is 3.77. The van der Waals surface area contributed by atoms with E-state index in [9.17, 15) is 14.7 Å². The summed E-state index contributed by atoms with van der Waals surface area (Å²) >= 11 is 0. The standard InChI is InChI=1S/C15H25N3O4/c19-12-2-5-17(10-13(20)18-6-8-22-9-7-18)11-15(12)3-1-4-16-14(15)21/h12,19H,1-11H2,(H,16,21)/t12-,15-/m1/s1. The van der Waals surface area contributed by atoms with Crippen molar-refractivity contribution in [3.8, 4) is 0 Å². The Morgan fingerprint density at radius 3 is 2.86 bits per heavy atom. The first-order valence-electron chi connectivity index (χ1n) is 8.16. The highest BCUT2D eigenvalue weighted by Crippen LogP contribution is 2.37. The van der Waals surface area contributed by atoms with E-state index in [1.165, 1.54) is 0 Å². The van der Waals surface area contributed by atoms with Crippen LogP contribution in [0.5, 0.6) is 0 Å². The van der Waals surface area contributed by atoms with E-state index in [2.05, 4.69) is 5.32 Å². The molecule has 0 unspecified atom stereocenters. The maximum Gasteiger partial charge on any atom is 0.236 e. The number of nitrogens with zero attached hydrogens (tertiary/aromatic N) is 2. The Kier molecular flexibility index (Phi) is 4.65. The molecule has 0 radical (unpaired) electrons. The van der Waals surface area contributed by atoms with Gasteiger partial charge in [0, 0.05) is 32.7 Å². The number of piperidine rings is 2. The molecule has 0 saturated carbocycles. The second kappa shape index (κ2) is 6.52. The molecule has 3 aliphatic heterocycles. The molecule has 3 fully saturated rings. The number of carbonyl (C=O) groups excluding carboxylic acids is 2. The lowest BCUT2D eigenvalue weighted by molar-refractivity contribution is -0.152. The van der Waals surface area contributed by atoms with Crippen LogP contribution in [-0.4, -0.2) is 85.3 Å². The molecular formula is C15H25N3O4. The number of hydrogen-bond acceptors (Lipinski definition) is 5. The number of aliphatic hydroxyl groups excluding tert-OH is 1. The molecule has 7 heteroatoms. The van der Waals surface area contributed by atoms with Gasteiger partial charge in [0.1, 0.15) is 0 Å². The zero-order chi connectivity index (χ0) is 15.6. The maximum atomic E-state index is 12.4. The van der Waals surface area contributed by atoms with Gasteiger partial charge in [0.2, 0.25) is 11.8 Å². The van der Waals surface area contributed by atoms with E-state index in [0.717, 1.165) is 6.42 Å². The van der Waals surface area contributed by atoms with E-state index < -0.39 is 11.5 Å². The van der Waals surface area contributed by atoms with Crippen LogP contribution in [0.15, 0.2) is 0 Å². The lowest BCUT2D eigenvalue weighted by atomic mass is 9.71. The van der Waals surface area contributed by atoms with Gasteiger partial charge in [-0.05, 0) is 19.3 Å². The Labute approximate surface area is 130 Å². The van der Waals surface area contributed by atoms with Crippen LogP contribution in [0.25, 0.3) is 0 Å². The first kappa shape index (κ1) is 15.7. The minimum absolute atomic E-state index is 0.0604. The van der Waals surface area contributed by atoms with Gasteiger partial charge in [0.15, 0.2) is 0 Å². The average molecular weight is 311 g/mol. The highest BCUT2D eigenvalue weighted by molar-refractivity contribution is 5.84. The van der Waals surface area contributed by atoms with Crippen molar-refractivity contribution in [3.05, 3.63) is 0 Å². The third-order valence-corrected chi connectivity index (χ3v) is 5.12. The number of likely N-dealkylation sites (tertiary alicyclic amines) is 1. The van der Waals surface area contributed by atoms with Gasteiger partial charge in [0.05, 0.1) is 31.3 Å². The molecule has 0 aliphatic carbocycles. The molecule has 3 saturated heterocycles. The van der Waals surface area contributed by atoms with E-state index in [0.29, 0.717) is 65.3 Å². The molecular weight excluding hydrogens is 286 g/mol. The van der Waals surface area contributed by atoms with E-state index >= 15 is 0 Å². The van der Waals surface area contributed by atoms with Gasteiger partial charge in [-0.3, -0.25) is 14.5 Å². The first-order valence-corrected chi connectivity index (χ1v) is 8.16. The van der Waals surface area contributed by atoms with Gasteiger partial charge < -0.3 is 20.1 Å². The fourth-order valence-corrected chi connectivity index (χ4v) is 3.77. The van der Waals surface area contributed by atoms with Gasteiger partial charge in [-0.2, -0.15) is 0 Å². The highest BCUT2D eigenvalue weighted by Gasteiger charge is 2.49. The predicted octanol–water partition coefficient (Wildman–Crippen LogP) is -1.19. The molecule has 3 aliphatic rings. The largest absolute Gasteiger partial charge is 0.392 e. The summed E-state index contributed by atoms with van der Waals surface area (Å²) in [4.78, 5) is 28.5. The molecule has 7 nitrogen and oxygen atoms in total. The van der Waals surface area contributed by atoms with Crippen molar-refractivity contribution >= 4 is 11.8 Å². The smallest absolute Gasteiger partial charge is 0.236 e. The first-order chi connectivity index (χ1) is 10.6. The zero-order valence-corrected chi connectivity index (χ0v) is 12.9. The SMILES string of the molecule is O=C(CN1CC[C@@H](O)[C@@]2(CCCNC2=O)C1)N1CCOCC1. The molecule has 3 heterocycles. The Morgan fingerprint density at radius 2 is 2.14 bits per heavy atom. The summed E-state index contributed by atoms with van der Waals surface area (Å²) < 4.78 is 5.26. The zero-order valence-electron chi connectivity index (χ0n) is 12.9. The highest BCUT2D eigenvalue weighted by atomic mass is 16.5. The van der Waals surface area contributed by atoms with Gasteiger partial charge in [-0.1, -0.05) is 0 Å². The van der Waals surface area contributed by atoms with Crippen LogP contribution < -0.4 is 5.32 Å².